The summed E-state index contributed by atoms with van der Waals surface area (Å²) in [4.78, 5) is 12.1. The lowest BCUT2D eigenvalue weighted by Gasteiger charge is -2.25. The number of hydrogen-bond donors (Lipinski definition) is 0. The van der Waals surface area contributed by atoms with Gasteiger partial charge in [-0.3, -0.25) is 9.10 Å². The minimum atomic E-state index is -4.04. The van der Waals surface area contributed by atoms with E-state index in [-0.39, 0.29) is 11.5 Å². The molecule has 146 valence electrons. The average molecular weight is 412 g/mol. The summed E-state index contributed by atoms with van der Waals surface area (Å²) in [5.74, 6) is -0.0736. The van der Waals surface area contributed by atoms with Crippen LogP contribution in [-0.4, -0.2) is 34.6 Å². The summed E-state index contributed by atoms with van der Waals surface area (Å²) < 4.78 is 37.8. The minimum absolute atomic E-state index is 0.0458. The molecule has 0 amide bonds. The van der Waals surface area contributed by atoms with Crippen LogP contribution in [0.15, 0.2) is 41.3 Å². The highest BCUT2D eigenvalue weighted by molar-refractivity contribution is 7.92. The molecule has 0 unspecified atom stereocenters. The summed E-state index contributed by atoms with van der Waals surface area (Å²) in [6.45, 7) is 4.81. The van der Waals surface area contributed by atoms with E-state index >= 15 is 0 Å². The molecular formula is C19H22ClNO5S. The van der Waals surface area contributed by atoms with E-state index < -0.39 is 22.5 Å². The summed E-state index contributed by atoms with van der Waals surface area (Å²) in [6.07, 6.45) is 0. The Morgan fingerprint density at radius 2 is 1.89 bits per heavy atom. The normalized spacial score (nSPS) is 11.1. The number of carbonyl (C=O) groups excluding carboxylic acids is 1. The molecule has 0 bridgehead atoms. The number of aryl methyl sites for hydroxylation is 1. The number of benzene rings is 2. The van der Waals surface area contributed by atoms with E-state index in [2.05, 4.69) is 0 Å². The molecule has 27 heavy (non-hydrogen) atoms. The van der Waals surface area contributed by atoms with Crippen LogP contribution in [0.25, 0.3) is 0 Å². The van der Waals surface area contributed by atoms with Crippen LogP contribution in [0.1, 0.15) is 18.1 Å². The Morgan fingerprint density at radius 1 is 1.19 bits per heavy atom. The number of sulfonamides is 1. The molecule has 0 aliphatic carbocycles. The van der Waals surface area contributed by atoms with Crippen molar-refractivity contribution in [1.29, 1.82) is 0 Å². The average Bonchev–Trinajstić information content (AvgIpc) is 2.62. The molecule has 2 aromatic rings. The van der Waals surface area contributed by atoms with Crippen molar-refractivity contribution >= 4 is 33.3 Å². The zero-order valence-corrected chi connectivity index (χ0v) is 17.2. The minimum Gasteiger partial charge on any atom is -0.496 e. The van der Waals surface area contributed by atoms with Gasteiger partial charge in [0.25, 0.3) is 10.0 Å². The number of anilines is 1. The monoisotopic (exact) mass is 411 g/mol. The second kappa shape index (κ2) is 8.63. The van der Waals surface area contributed by atoms with Gasteiger partial charge in [-0.15, -0.1) is 0 Å². The summed E-state index contributed by atoms with van der Waals surface area (Å²) in [6, 6.07) is 9.43. The molecule has 2 rings (SSSR count). The molecule has 0 atom stereocenters. The topological polar surface area (TPSA) is 72.9 Å². The van der Waals surface area contributed by atoms with Crippen LogP contribution in [0.2, 0.25) is 5.02 Å². The first-order valence-corrected chi connectivity index (χ1v) is 10.1. The van der Waals surface area contributed by atoms with E-state index in [0.717, 1.165) is 4.31 Å². The van der Waals surface area contributed by atoms with E-state index in [1.165, 1.54) is 19.2 Å². The number of rotatable bonds is 7. The van der Waals surface area contributed by atoms with Crippen molar-refractivity contribution in [3.8, 4) is 5.75 Å². The van der Waals surface area contributed by atoms with Gasteiger partial charge in [0.2, 0.25) is 0 Å². The molecule has 6 nitrogen and oxygen atoms in total. The van der Waals surface area contributed by atoms with Crippen LogP contribution in [0.4, 0.5) is 5.69 Å². The van der Waals surface area contributed by atoms with Crippen LogP contribution < -0.4 is 9.04 Å². The van der Waals surface area contributed by atoms with Crippen LogP contribution in [0.5, 0.6) is 5.75 Å². The third-order valence-corrected chi connectivity index (χ3v) is 6.21. The van der Waals surface area contributed by atoms with Gasteiger partial charge in [-0.1, -0.05) is 17.7 Å². The van der Waals surface area contributed by atoms with E-state index in [1.54, 1.807) is 45.0 Å². The van der Waals surface area contributed by atoms with E-state index in [9.17, 15) is 13.2 Å². The largest absolute Gasteiger partial charge is 0.496 e. The zero-order chi connectivity index (χ0) is 20.2. The number of carbonyl (C=O) groups is 1. The molecule has 0 heterocycles. The fraction of sp³-hybridized carbons (Fsp3) is 0.316. The Morgan fingerprint density at radius 3 is 2.48 bits per heavy atom. The lowest BCUT2D eigenvalue weighted by atomic mass is 10.2. The van der Waals surface area contributed by atoms with Crippen LogP contribution in [0.3, 0.4) is 0 Å². The molecule has 0 saturated heterocycles. The van der Waals surface area contributed by atoms with Crippen LogP contribution in [0, 0.1) is 13.8 Å². The van der Waals surface area contributed by atoms with Crippen molar-refractivity contribution in [2.45, 2.75) is 25.7 Å². The maximum Gasteiger partial charge on any atom is 0.326 e. The van der Waals surface area contributed by atoms with Gasteiger partial charge in [-0.25, -0.2) is 8.42 Å². The number of esters is 1. The molecular weight excluding hydrogens is 390 g/mol. The molecule has 0 saturated carbocycles. The molecule has 0 aromatic heterocycles. The van der Waals surface area contributed by atoms with Crippen molar-refractivity contribution in [1.82, 2.24) is 0 Å². The Balaban J connectivity index is 2.59. The maximum atomic E-state index is 13.3. The fourth-order valence-corrected chi connectivity index (χ4v) is 4.35. The third-order valence-electron chi connectivity index (χ3n) is 4.04. The molecule has 8 heteroatoms. The van der Waals surface area contributed by atoms with Gasteiger partial charge in [0.05, 0.1) is 24.3 Å². The first kappa shape index (κ1) is 21.1. The van der Waals surface area contributed by atoms with Crippen LogP contribution in [-0.2, 0) is 19.6 Å². The van der Waals surface area contributed by atoms with Gasteiger partial charge in [0.1, 0.15) is 12.3 Å². The first-order chi connectivity index (χ1) is 12.7. The zero-order valence-electron chi connectivity index (χ0n) is 15.7. The fourth-order valence-electron chi connectivity index (χ4n) is 2.63. The van der Waals surface area contributed by atoms with Gasteiger partial charge in [0, 0.05) is 5.02 Å². The van der Waals surface area contributed by atoms with E-state index in [0.29, 0.717) is 27.6 Å². The quantitative estimate of drug-likeness (QED) is 0.649. The highest BCUT2D eigenvalue weighted by Gasteiger charge is 2.29. The Hall–Kier alpha value is -2.25. The van der Waals surface area contributed by atoms with Crippen molar-refractivity contribution in [3.05, 3.63) is 52.5 Å². The number of nitrogens with zero attached hydrogens (tertiary/aromatic N) is 1. The second-order valence-electron chi connectivity index (χ2n) is 5.83. The molecule has 2 aromatic carbocycles. The smallest absolute Gasteiger partial charge is 0.326 e. The van der Waals surface area contributed by atoms with Gasteiger partial charge in [0.15, 0.2) is 0 Å². The van der Waals surface area contributed by atoms with E-state index in [4.69, 9.17) is 21.1 Å². The van der Waals surface area contributed by atoms with Crippen molar-refractivity contribution in [2.75, 3.05) is 24.6 Å². The molecule has 0 aliphatic heterocycles. The van der Waals surface area contributed by atoms with Crippen molar-refractivity contribution < 1.29 is 22.7 Å². The SMILES string of the molecule is CCOC(=O)CN(c1cccc(Cl)c1C)S(=O)(=O)c1ccc(OC)c(C)c1. The third kappa shape index (κ3) is 4.54. The molecule has 0 fully saturated rings. The molecule has 0 aliphatic rings. The standard InChI is InChI=1S/C19H22ClNO5S/c1-5-26-19(22)12-21(17-8-6-7-16(20)14(17)3)27(23,24)15-9-10-18(25-4)13(2)11-15/h6-11H,5,12H2,1-4H3. The van der Waals surface area contributed by atoms with Crippen LogP contribution >= 0.6 is 11.6 Å². The first-order valence-electron chi connectivity index (χ1n) is 8.30. The van der Waals surface area contributed by atoms with Crippen molar-refractivity contribution in [2.24, 2.45) is 0 Å². The number of hydrogen-bond acceptors (Lipinski definition) is 5. The Bertz CT molecular complexity index is 943. The predicted octanol–water partition coefficient (Wildman–Crippen LogP) is 3.72. The summed E-state index contributed by atoms with van der Waals surface area (Å²) in [5, 5.41) is 0.405. The number of ether oxygens (including phenoxy) is 2. The summed E-state index contributed by atoms with van der Waals surface area (Å²) in [7, 11) is -2.52. The highest BCUT2D eigenvalue weighted by Crippen LogP contribution is 2.32. The van der Waals surface area contributed by atoms with Gasteiger partial charge < -0.3 is 9.47 Å². The van der Waals surface area contributed by atoms with Gasteiger partial charge >= 0.3 is 5.97 Å². The number of methoxy groups -OCH3 is 1. The van der Waals surface area contributed by atoms with Gasteiger partial charge in [-0.05, 0) is 62.2 Å². The molecule has 0 spiro atoms. The van der Waals surface area contributed by atoms with Gasteiger partial charge in [-0.2, -0.15) is 0 Å². The Kier molecular flexibility index (Phi) is 6.73. The predicted molar refractivity (Wildman–Crippen MR) is 105 cm³/mol. The molecule has 0 radical (unpaired) electrons. The molecule has 0 N–H and O–H groups in total. The van der Waals surface area contributed by atoms with Crippen molar-refractivity contribution in [3.63, 3.8) is 0 Å². The highest BCUT2D eigenvalue weighted by atomic mass is 35.5. The second-order valence-corrected chi connectivity index (χ2v) is 8.10. The van der Waals surface area contributed by atoms with E-state index in [1.807, 2.05) is 0 Å². The number of halogens is 1. The lowest BCUT2D eigenvalue weighted by Crippen LogP contribution is -2.37. The summed E-state index contributed by atoms with van der Waals surface area (Å²) in [5.41, 5.74) is 1.54. The maximum absolute atomic E-state index is 13.3. The lowest BCUT2D eigenvalue weighted by molar-refractivity contribution is -0.141. The Labute approximate surface area is 164 Å². The summed E-state index contributed by atoms with van der Waals surface area (Å²) >= 11 is 6.16.